The number of carbonyl (C=O) groups excluding carboxylic acids is 1. The number of hydrogen-bond acceptors (Lipinski definition) is 2. The number of amides is 1. The van der Waals surface area contributed by atoms with Crippen LogP contribution in [0.3, 0.4) is 0 Å². The van der Waals surface area contributed by atoms with Gasteiger partial charge in [-0.1, -0.05) is 6.92 Å². The van der Waals surface area contributed by atoms with Gasteiger partial charge in [0.2, 0.25) is 5.91 Å². The third kappa shape index (κ3) is 3.50. The van der Waals surface area contributed by atoms with Crippen LogP contribution in [0, 0.1) is 17.6 Å². The highest BCUT2D eigenvalue weighted by atomic mass is 19.1. The minimum absolute atomic E-state index is 0.134. The Morgan fingerprint density at radius 3 is 2.67 bits per heavy atom. The molecule has 0 saturated carbocycles. The largest absolute Gasteiger partial charge is 0.349 e. The van der Waals surface area contributed by atoms with Crippen molar-refractivity contribution in [3.05, 3.63) is 35.4 Å². The van der Waals surface area contributed by atoms with Crippen molar-refractivity contribution in [3.63, 3.8) is 0 Å². The Morgan fingerprint density at radius 1 is 1.44 bits per heavy atom. The van der Waals surface area contributed by atoms with Gasteiger partial charge in [-0.2, -0.15) is 0 Å². The van der Waals surface area contributed by atoms with E-state index in [1.165, 1.54) is 0 Å². The summed E-state index contributed by atoms with van der Waals surface area (Å²) in [6, 6.07) is 2.59. The fraction of sp³-hybridized carbons (Fsp3) is 0.462. The molecule has 0 fully saturated rings. The predicted molar refractivity (Wildman–Crippen MR) is 65.8 cm³/mol. The summed E-state index contributed by atoms with van der Waals surface area (Å²) >= 11 is 0. The fourth-order valence-corrected chi connectivity index (χ4v) is 1.71. The summed E-state index contributed by atoms with van der Waals surface area (Å²) in [6.45, 7) is 3.70. The topological polar surface area (TPSA) is 55.1 Å². The molecule has 0 saturated heterocycles. The number of carbonyl (C=O) groups is 1. The number of nitrogens with one attached hydrogen (secondary N) is 1. The van der Waals surface area contributed by atoms with E-state index in [0.717, 1.165) is 18.2 Å². The predicted octanol–water partition coefficient (Wildman–Crippen LogP) is 2.13. The Balaban J connectivity index is 2.79. The van der Waals surface area contributed by atoms with Crippen LogP contribution >= 0.6 is 0 Å². The van der Waals surface area contributed by atoms with E-state index in [2.05, 4.69) is 5.32 Å². The Kier molecular flexibility index (Phi) is 5.22. The van der Waals surface area contributed by atoms with Gasteiger partial charge in [0.05, 0.1) is 6.04 Å². The molecule has 18 heavy (non-hydrogen) atoms. The van der Waals surface area contributed by atoms with E-state index in [4.69, 9.17) is 5.73 Å². The molecule has 0 aromatic heterocycles. The Bertz CT molecular complexity index is 419. The van der Waals surface area contributed by atoms with Crippen molar-refractivity contribution >= 4 is 5.91 Å². The highest BCUT2D eigenvalue weighted by Gasteiger charge is 2.19. The summed E-state index contributed by atoms with van der Waals surface area (Å²) in [4.78, 5) is 11.8. The second-order valence-electron chi connectivity index (χ2n) is 4.24. The van der Waals surface area contributed by atoms with Crippen molar-refractivity contribution in [1.29, 1.82) is 0 Å². The highest BCUT2D eigenvalue weighted by Crippen LogP contribution is 2.18. The first-order chi connectivity index (χ1) is 8.49. The average Bonchev–Trinajstić information content (AvgIpc) is 2.33. The number of hydrogen-bond donors (Lipinski definition) is 2. The zero-order chi connectivity index (χ0) is 13.7. The van der Waals surface area contributed by atoms with Crippen molar-refractivity contribution in [3.8, 4) is 0 Å². The molecule has 2 atom stereocenters. The Hall–Kier alpha value is -1.49. The SMILES string of the molecule is CCC(CN)C(=O)NC(C)c1cc(F)ccc1F. The molecular formula is C13H18F2N2O. The smallest absolute Gasteiger partial charge is 0.224 e. The molecule has 2 unspecified atom stereocenters. The van der Waals surface area contributed by atoms with Gasteiger partial charge in [-0.3, -0.25) is 4.79 Å². The van der Waals surface area contributed by atoms with Crippen molar-refractivity contribution in [2.75, 3.05) is 6.54 Å². The third-order valence-electron chi connectivity index (χ3n) is 2.93. The zero-order valence-corrected chi connectivity index (χ0v) is 10.5. The summed E-state index contributed by atoms with van der Waals surface area (Å²) in [5, 5.41) is 2.64. The molecule has 0 aliphatic heterocycles. The maximum absolute atomic E-state index is 13.5. The van der Waals surface area contributed by atoms with E-state index >= 15 is 0 Å². The van der Waals surface area contributed by atoms with Crippen molar-refractivity contribution in [2.45, 2.75) is 26.3 Å². The van der Waals surface area contributed by atoms with Crippen LogP contribution in [0.5, 0.6) is 0 Å². The number of benzene rings is 1. The molecule has 1 aromatic carbocycles. The van der Waals surface area contributed by atoms with Crippen LogP contribution in [0.25, 0.3) is 0 Å². The monoisotopic (exact) mass is 256 g/mol. The lowest BCUT2D eigenvalue weighted by Crippen LogP contribution is -2.36. The molecule has 1 aromatic rings. The Labute approximate surface area is 105 Å². The van der Waals surface area contributed by atoms with E-state index in [0.29, 0.717) is 6.42 Å². The van der Waals surface area contributed by atoms with Gasteiger partial charge < -0.3 is 11.1 Å². The molecule has 0 aliphatic carbocycles. The molecule has 0 radical (unpaired) electrons. The lowest BCUT2D eigenvalue weighted by atomic mass is 10.0. The average molecular weight is 256 g/mol. The maximum Gasteiger partial charge on any atom is 0.224 e. The van der Waals surface area contributed by atoms with Crippen molar-refractivity contribution < 1.29 is 13.6 Å². The second kappa shape index (κ2) is 6.44. The molecular weight excluding hydrogens is 238 g/mol. The standard InChI is InChI=1S/C13H18F2N2O/c1-3-9(7-16)13(18)17-8(2)11-6-10(14)4-5-12(11)15/h4-6,8-9H,3,7,16H2,1-2H3,(H,17,18). The third-order valence-corrected chi connectivity index (χ3v) is 2.93. The molecule has 0 heterocycles. The summed E-state index contributed by atoms with van der Waals surface area (Å²) in [7, 11) is 0. The molecule has 3 nitrogen and oxygen atoms in total. The molecule has 1 amide bonds. The molecule has 3 N–H and O–H groups in total. The van der Waals surface area contributed by atoms with Crippen LogP contribution in [-0.4, -0.2) is 12.5 Å². The first-order valence-electron chi connectivity index (χ1n) is 5.95. The second-order valence-corrected chi connectivity index (χ2v) is 4.24. The summed E-state index contributed by atoms with van der Waals surface area (Å²) in [5.74, 6) is -1.61. The van der Waals surface area contributed by atoms with Gasteiger partial charge in [-0.15, -0.1) is 0 Å². The number of halogens is 2. The minimum atomic E-state index is -0.589. The van der Waals surface area contributed by atoms with Gasteiger partial charge >= 0.3 is 0 Å². The van der Waals surface area contributed by atoms with E-state index in [9.17, 15) is 13.6 Å². The van der Waals surface area contributed by atoms with E-state index in [1.54, 1.807) is 6.92 Å². The first kappa shape index (κ1) is 14.6. The van der Waals surface area contributed by atoms with Gasteiger partial charge in [-0.25, -0.2) is 8.78 Å². The lowest BCUT2D eigenvalue weighted by molar-refractivity contribution is -0.125. The van der Waals surface area contributed by atoms with Gasteiger partial charge in [0.15, 0.2) is 0 Å². The van der Waals surface area contributed by atoms with Crippen molar-refractivity contribution in [2.24, 2.45) is 11.7 Å². The van der Waals surface area contributed by atoms with Crippen LogP contribution in [0.2, 0.25) is 0 Å². The zero-order valence-electron chi connectivity index (χ0n) is 10.5. The normalized spacial score (nSPS) is 14.1. The van der Waals surface area contributed by atoms with E-state index < -0.39 is 17.7 Å². The van der Waals surface area contributed by atoms with Crippen LogP contribution in [-0.2, 0) is 4.79 Å². The van der Waals surface area contributed by atoms with Crippen LogP contribution in [0.1, 0.15) is 31.9 Å². The number of nitrogens with two attached hydrogens (primary N) is 1. The highest BCUT2D eigenvalue weighted by molar-refractivity contribution is 5.79. The van der Waals surface area contributed by atoms with E-state index in [1.807, 2.05) is 6.92 Å². The van der Waals surface area contributed by atoms with Crippen LogP contribution < -0.4 is 11.1 Å². The molecule has 1 rings (SSSR count). The molecule has 5 heteroatoms. The maximum atomic E-state index is 13.5. The molecule has 100 valence electrons. The summed E-state index contributed by atoms with van der Waals surface area (Å²) in [6.07, 6.45) is 0.612. The summed E-state index contributed by atoms with van der Waals surface area (Å²) < 4.78 is 26.5. The number of rotatable bonds is 5. The van der Waals surface area contributed by atoms with Gasteiger partial charge in [0, 0.05) is 18.0 Å². The first-order valence-corrected chi connectivity index (χ1v) is 5.95. The molecule has 0 bridgehead atoms. The minimum Gasteiger partial charge on any atom is -0.349 e. The summed E-state index contributed by atoms with van der Waals surface area (Å²) in [5.41, 5.74) is 5.59. The lowest BCUT2D eigenvalue weighted by Gasteiger charge is -2.19. The van der Waals surface area contributed by atoms with Gasteiger partial charge in [-0.05, 0) is 31.5 Å². The molecule has 0 spiro atoms. The van der Waals surface area contributed by atoms with Gasteiger partial charge in [0.1, 0.15) is 11.6 Å². The van der Waals surface area contributed by atoms with E-state index in [-0.39, 0.29) is 23.9 Å². The Morgan fingerprint density at radius 2 is 2.11 bits per heavy atom. The fourth-order valence-electron chi connectivity index (χ4n) is 1.71. The van der Waals surface area contributed by atoms with Crippen molar-refractivity contribution in [1.82, 2.24) is 5.32 Å². The van der Waals surface area contributed by atoms with Gasteiger partial charge in [0.25, 0.3) is 0 Å². The van der Waals surface area contributed by atoms with Crippen LogP contribution in [0.15, 0.2) is 18.2 Å². The van der Waals surface area contributed by atoms with Crippen LogP contribution in [0.4, 0.5) is 8.78 Å². The molecule has 0 aliphatic rings. The quantitative estimate of drug-likeness (QED) is 0.848.